The highest BCUT2D eigenvalue weighted by molar-refractivity contribution is 6.11. The molecule has 128 valence electrons. The molecule has 1 aromatic carbocycles. The molecule has 0 atom stereocenters. The van der Waals surface area contributed by atoms with E-state index in [1.807, 2.05) is 11.9 Å². The number of piperazine rings is 1. The van der Waals surface area contributed by atoms with Gasteiger partial charge in [-0.3, -0.25) is 9.59 Å². The van der Waals surface area contributed by atoms with E-state index in [1.54, 1.807) is 0 Å². The lowest BCUT2D eigenvalue weighted by Crippen LogP contribution is -2.47. The SMILES string of the molecule is CC(=O)c1cc(C(=O)N2CCN(C)CC2)c(C(=O)O)cc1C(=O)O. The van der Waals surface area contributed by atoms with Gasteiger partial charge in [0.2, 0.25) is 0 Å². The van der Waals surface area contributed by atoms with Crippen LogP contribution in [0.3, 0.4) is 0 Å². The standard InChI is InChI=1S/C16H18N2O6/c1-9(19)10-7-11(13(16(23)24)8-12(10)15(21)22)14(20)18-5-3-17(2)4-6-18/h7-8H,3-6H2,1-2H3,(H,21,22)(H,23,24). The fourth-order valence-electron chi connectivity index (χ4n) is 2.60. The maximum Gasteiger partial charge on any atom is 0.336 e. The Labute approximate surface area is 138 Å². The molecule has 2 N–H and O–H groups in total. The van der Waals surface area contributed by atoms with E-state index in [-0.39, 0.29) is 11.1 Å². The molecule has 1 aromatic rings. The first kappa shape index (κ1) is 17.6. The van der Waals surface area contributed by atoms with Gasteiger partial charge >= 0.3 is 11.9 Å². The molecule has 0 radical (unpaired) electrons. The summed E-state index contributed by atoms with van der Waals surface area (Å²) in [6, 6.07) is 1.96. The topological polar surface area (TPSA) is 115 Å². The fourth-order valence-corrected chi connectivity index (χ4v) is 2.60. The van der Waals surface area contributed by atoms with Crippen molar-refractivity contribution in [1.82, 2.24) is 9.80 Å². The van der Waals surface area contributed by atoms with Crippen molar-refractivity contribution < 1.29 is 29.4 Å². The van der Waals surface area contributed by atoms with E-state index in [1.165, 1.54) is 11.8 Å². The number of benzene rings is 1. The Morgan fingerprint density at radius 2 is 1.29 bits per heavy atom. The summed E-state index contributed by atoms with van der Waals surface area (Å²) < 4.78 is 0. The largest absolute Gasteiger partial charge is 0.478 e. The van der Waals surface area contributed by atoms with Crippen molar-refractivity contribution >= 4 is 23.6 Å². The Morgan fingerprint density at radius 1 is 0.833 bits per heavy atom. The van der Waals surface area contributed by atoms with Crippen LogP contribution in [0.5, 0.6) is 0 Å². The zero-order valence-corrected chi connectivity index (χ0v) is 13.4. The van der Waals surface area contributed by atoms with Crippen LogP contribution < -0.4 is 0 Å². The van der Waals surface area contributed by atoms with Crippen molar-refractivity contribution in [3.8, 4) is 0 Å². The van der Waals surface area contributed by atoms with Gasteiger partial charge in [0.15, 0.2) is 5.78 Å². The molecule has 1 aliphatic heterocycles. The van der Waals surface area contributed by atoms with E-state index in [0.717, 1.165) is 12.1 Å². The highest BCUT2D eigenvalue weighted by Gasteiger charge is 2.28. The molecule has 8 heteroatoms. The van der Waals surface area contributed by atoms with Crippen molar-refractivity contribution in [1.29, 1.82) is 0 Å². The fraction of sp³-hybridized carbons (Fsp3) is 0.375. The Kier molecular flexibility index (Phi) is 4.99. The van der Waals surface area contributed by atoms with Gasteiger partial charge in [0.05, 0.1) is 16.7 Å². The van der Waals surface area contributed by atoms with Crippen LogP contribution in [0.25, 0.3) is 0 Å². The average molecular weight is 334 g/mol. The summed E-state index contributed by atoms with van der Waals surface area (Å²) in [6.45, 7) is 3.35. The predicted octanol–water partition coefficient (Wildman–Crippen LogP) is 0.673. The third kappa shape index (κ3) is 3.43. The van der Waals surface area contributed by atoms with E-state index >= 15 is 0 Å². The summed E-state index contributed by atoms with van der Waals surface area (Å²) in [6.07, 6.45) is 0. The highest BCUT2D eigenvalue weighted by atomic mass is 16.4. The van der Waals surface area contributed by atoms with Crippen LogP contribution in [0.15, 0.2) is 12.1 Å². The Hall–Kier alpha value is -2.74. The van der Waals surface area contributed by atoms with Gasteiger partial charge < -0.3 is 20.0 Å². The summed E-state index contributed by atoms with van der Waals surface area (Å²) in [4.78, 5) is 50.7. The maximum absolute atomic E-state index is 12.7. The van der Waals surface area contributed by atoms with Gasteiger partial charge in [-0.15, -0.1) is 0 Å². The summed E-state index contributed by atoms with van der Waals surface area (Å²) in [7, 11) is 1.92. The maximum atomic E-state index is 12.7. The van der Waals surface area contributed by atoms with Crippen molar-refractivity contribution in [2.24, 2.45) is 0 Å². The minimum atomic E-state index is -1.42. The number of aromatic carboxylic acids is 2. The van der Waals surface area contributed by atoms with Crippen LogP contribution >= 0.6 is 0 Å². The lowest BCUT2D eigenvalue weighted by Gasteiger charge is -2.32. The first-order valence-electron chi connectivity index (χ1n) is 7.35. The monoisotopic (exact) mass is 334 g/mol. The van der Waals surface area contributed by atoms with Gasteiger partial charge in [0.25, 0.3) is 5.91 Å². The van der Waals surface area contributed by atoms with E-state index in [2.05, 4.69) is 0 Å². The van der Waals surface area contributed by atoms with E-state index < -0.39 is 34.8 Å². The molecule has 1 heterocycles. The summed E-state index contributed by atoms with van der Waals surface area (Å²) in [5, 5.41) is 18.5. The number of ketones is 1. The van der Waals surface area contributed by atoms with Gasteiger partial charge in [-0.05, 0) is 26.1 Å². The van der Waals surface area contributed by atoms with Gasteiger partial charge in [0, 0.05) is 31.7 Å². The average Bonchev–Trinajstić information content (AvgIpc) is 2.53. The molecule has 2 rings (SSSR count). The number of carbonyl (C=O) groups excluding carboxylic acids is 2. The van der Waals surface area contributed by atoms with Crippen molar-refractivity contribution in [3.63, 3.8) is 0 Å². The number of amides is 1. The summed E-state index contributed by atoms with van der Waals surface area (Å²) >= 11 is 0. The van der Waals surface area contributed by atoms with Gasteiger partial charge in [-0.2, -0.15) is 0 Å². The molecular weight excluding hydrogens is 316 g/mol. The van der Waals surface area contributed by atoms with E-state index in [9.17, 15) is 29.4 Å². The van der Waals surface area contributed by atoms with Crippen molar-refractivity contribution in [2.45, 2.75) is 6.92 Å². The number of hydrogen-bond donors (Lipinski definition) is 2. The number of carboxylic acid groups (broad SMARTS) is 2. The molecule has 0 aromatic heterocycles. The number of rotatable bonds is 4. The summed E-state index contributed by atoms with van der Waals surface area (Å²) in [5.41, 5.74) is -1.18. The minimum absolute atomic E-state index is 0.165. The number of carbonyl (C=O) groups is 4. The van der Waals surface area contributed by atoms with Gasteiger partial charge in [-0.1, -0.05) is 0 Å². The molecule has 1 amide bonds. The number of hydrogen-bond acceptors (Lipinski definition) is 5. The second kappa shape index (κ2) is 6.79. The molecule has 0 aliphatic carbocycles. The van der Waals surface area contributed by atoms with Crippen LogP contribution in [0, 0.1) is 0 Å². The minimum Gasteiger partial charge on any atom is -0.478 e. The molecule has 1 aliphatic rings. The molecule has 0 saturated carbocycles. The molecule has 1 saturated heterocycles. The molecule has 0 bridgehead atoms. The lowest BCUT2D eigenvalue weighted by molar-refractivity contribution is 0.0633. The van der Waals surface area contributed by atoms with Crippen LogP contribution in [-0.2, 0) is 0 Å². The Balaban J connectivity index is 2.53. The van der Waals surface area contributed by atoms with Crippen LogP contribution in [0.4, 0.5) is 0 Å². The first-order chi connectivity index (χ1) is 11.2. The molecule has 8 nitrogen and oxygen atoms in total. The molecular formula is C16H18N2O6. The van der Waals surface area contributed by atoms with Crippen LogP contribution in [-0.4, -0.2) is 76.9 Å². The van der Waals surface area contributed by atoms with Crippen molar-refractivity contribution in [3.05, 3.63) is 34.4 Å². The second-order valence-corrected chi connectivity index (χ2v) is 5.71. The Morgan fingerprint density at radius 3 is 1.75 bits per heavy atom. The molecule has 1 fully saturated rings. The van der Waals surface area contributed by atoms with Crippen LogP contribution in [0.1, 0.15) is 48.4 Å². The lowest BCUT2D eigenvalue weighted by atomic mass is 9.95. The molecule has 24 heavy (non-hydrogen) atoms. The highest BCUT2D eigenvalue weighted by Crippen LogP contribution is 2.21. The Bertz CT molecular complexity index is 720. The van der Waals surface area contributed by atoms with Gasteiger partial charge in [-0.25, -0.2) is 9.59 Å². The third-order valence-corrected chi connectivity index (χ3v) is 4.02. The smallest absolute Gasteiger partial charge is 0.336 e. The van der Waals surface area contributed by atoms with E-state index in [4.69, 9.17) is 0 Å². The zero-order chi connectivity index (χ0) is 18.0. The van der Waals surface area contributed by atoms with Gasteiger partial charge in [0.1, 0.15) is 0 Å². The number of Topliss-reactive ketones (excluding diaryl/α,β-unsaturated/α-hetero) is 1. The quantitative estimate of drug-likeness (QED) is 0.778. The van der Waals surface area contributed by atoms with Crippen molar-refractivity contribution in [2.75, 3.05) is 33.2 Å². The molecule has 0 unspecified atom stereocenters. The predicted molar refractivity (Wildman–Crippen MR) is 83.8 cm³/mol. The number of nitrogens with zero attached hydrogens (tertiary/aromatic N) is 2. The van der Waals surface area contributed by atoms with Crippen LogP contribution in [0.2, 0.25) is 0 Å². The third-order valence-electron chi connectivity index (χ3n) is 4.02. The normalized spacial score (nSPS) is 15.2. The zero-order valence-electron chi connectivity index (χ0n) is 13.4. The van der Waals surface area contributed by atoms with E-state index in [0.29, 0.717) is 26.2 Å². The first-order valence-corrected chi connectivity index (χ1v) is 7.35. The second-order valence-electron chi connectivity index (χ2n) is 5.71. The number of carboxylic acids is 2. The summed E-state index contributed by atoms with van der Waals surface area (Å²) in [5.74, 6) is -3.89. The number of likely N-dealkylation sites (N-methyl/N-ethyl adjacent to an activating group) is 1. The molecule has 0 spiro atoms.